The Morgan fingerprint density at radius 2 is 2.57 bits per heavy atom. The summed E-state index contributed by atoms with van der Waals surface area (Å²) in [6, 6.07) is 0. The van der Waals surface area contributed by atoms with Crippen LogP contribution in [0.2, 0.25) is 0 Å². The van der Waals surface area contributed by atoms with Crippen LogP contribution >= 0.6 is 11.3 Å². The monoisotopic (exact) mass is 210 g/mol. The second kappa shape index (κ2) is 3.92. The Balaban J connectivity index is 1.90. The predicted octanol–water partition coefficient (Wildman–Crippen LogP) is -0.414. The molecule has 0 aliphatic rings. The van der Waals surface area contributed by atoms with Gasteiger partial charge in [0.1, 0.15) is 0 Å². The van der Waals surface area contributed by atoms with Crippen LogP contribution in [0, 0.1) is 0 Å². The minimum Gasteiger partial charge on any atom is -0.344 e. The van der Waals surface area contributed by atoms with E-state index in [2.05, 4.69) is 30.9 Å². The van der Waals surface area contributed by atoms with Gasteiger partial charge in [-0.1, -0.05) is 0 Å². The molecule has 0 bridgehead atoms. The summed E-state index contributed by atoms with van der Waals surface area (Å²) in [6.45, 7) is 0.429. The normalized spacial score (nSPS) is 10.0. The summed E-state index contributed by atoms with van der Waals surface area (Å²) >= 11 is 1.47. The van der Waals surface area contributed by atoms with E-state index < -0.39 is 0 Å². The third-order valence-electron chi connectivity index (χ3n) is 1.46. The zero-order valence-electron chi connectivity index (χ0n) is 6.97. The van der Waals surface area contributed by atoms with Gasteiger partial charge in [-0.2, -0.15) is 5.21 Å². The highest BCUT2D eigenvalue weighted by atomic mass is 32.1. The number of thiazole rings is 1. The van der Waals surface area contributed by atoms with Crippen molar-refractivity contribution in [3.05, 3.63) is 22.4 Å². The van der Waals surface area contributed by atoms with Crippen molar-refractivity contribution >= 4 is 17.2 Å². The van der Waals surface area contributed by atoms with E-state index in [0.717, 1.165) is 4.88 Å². The topological polar surface area (TPSA) is 96.5 Å². The van der Waals surface area contributed by atoms with Gasteiger partial charge in [0, 0.05) is 11.1 Å². The molecule has 0 spiro atoms. The van der Waals surface area contributed by atoms with Crippen LogP contribution < -0.4 is 5.32 Å². The van der Waals surface area contributed by atoms with E-state index in [1.54, 1.807) is 11.7 Å². The van der Waals surface area contributed by atoms with Gasteiger partial charge in [-0.25, -0.2) is 0 Å². The first-order chi connectivity index (χ1) is 6.86. The number of aromatic amines is 1. The third-order valence-corrected chi connectivity index (χ3v) is 2.23. The van der Waals surface area contributed by atoms with Crippen LogP contribution in [0.4, 0.5) is 0 Å². The van der Waals surface area contributed by atoms with Gasteiger partial charge < -0.3 is 5.32 Å². The smallest absolute Gasteiger partial charge is 0.293 e. The number of carbonyl (C=O) groups is 1. The predicted molar refractivity (Wildman–Crippen MR) is 47.5 cm³/mol. The van der Waals surface area contributed by atoms with Crippen LogP contribution in [0.15, 0.2) is 11.7 Å². The summed E-state index contributed by atoms with van der Waals surface area (Å²) in [5.74, 6) is -0.318. The standard InChI is InChI=1S/C6H6N6OS/c13-6(5-9-11-12-10-5)8-2-4-1-7-3-14-4/h1,3H,2H2,(H,8,13)(H,9,10,11,12). The molecule has 2 heterocycles. The molecule has 8 heteroatoms. The zero-order chi connectivity index (χ0) is 9.80. The molecule has 0 atom stereocenters. The van der Waals surface area contributed by atoms with Crippen molar-refractivity contribution in [3.8, 4) is 0 Å². The van der Waals surface area contributed by atoms with E-state index in [1.165, 1.54) is 11.3 Å². The number of nitrogens with one attached hydrogen (secondary N) is 2. The van der Waals surface area contributed by atoms with Crippen molar-refractivity contribution in [2.75, 3.05) is 0 Å². The molecular weight excluding hydrogens is 204 g/mol. The highest BCUT2D eigenvalue weighted by Gasteiger charge is 2.09. The SMILES string of the molecule is O=C(NCc1cncs1)c1nn[nH]n1. The number of H-pyrrole nitrogens is 1. The molecule has 72 valence electrons. The summed E-state index contributed by atoms with van der Waals surface area (Å²) in [6.07, 6.45) is 1.70. The minimum absolute atomic E-state index is 0.0366. The maximum Gasteiger partial charge on any atom is 0.293 e. The van der Waals surface area contributed by atoms with Crippen LogP contribution in [0.5, 0.6) is 0 Å². The number of rotatable bonds is 3. The van der Waals surface area contributed by atoms with E-state index in [0.29, 0.717) is 6.54 Å². The molecule has 2 rings (SSSR count). The average molecular weight is 210 g/mol. The molecule has 1 amide bonds. The average Bonchev–Trinajstić information content (AvgIpc) is 2.87. The van der Waals surface area contributed by atoms with Crippen molar-refractivity contribution in [2.24, 2.45) is 0 Å². The van der Waals surface area contributed by atoms with Crippen LogP contribution in [0.3, 0.4) is 0 Å². The van der Waals surface area contributed by atoms with Crippen molar-refractivity contribution in [1.82, 2.24) is 30.9 Å². The summed E-state index contributed by atoms with van der Waals surface area (Å²) in [5.41, 5.74) is 1.70. The zero-order valence-corrected chi connectivity index (χ0v) is 7.78. The first kappa shape index (κ1) is 8.75. The highest BCUT2D eigenvalue weighted by Crippen LogP contribution is 2.04. The van der Waals surface area contributed by atoms with Gasteiger partial charge >= 0.3 is 0 Å². The molecule has 2 aromatic heterocycles. The van der Waals surface area contributed by atoms with Crippen LogP contribution in [-0.4, -0.2) is 31.5 Å². The van der Waals surface area contributed by atoms with Crippen LogP contribution in [-0.2, 0) is 6.54 Å². The molecular formula is C6H6N6OS. The molecule has 0 saturated heterocycles. The van der Waals surface area contributed by atoms with Gasteiger partial charge in [0.05, 0.1) is 12.1 Å². The molecule has 0 saturated carbocycles. The Morgan fingerprint density at radius 3 is 3.21 bits per heavy atom. The Kier molecular flexibility index (Phi) is 2.45. The number of aromatic nitrogens is 5. The number of tetrazole rings is 1. The molecule has 2 aromatic rings. The van der Waals surface area contributed by atoms with Crippen molar-refractivity contribution in [2.45, 2.75) is 6.54 Å². The minimum atomic E-state index is -0.354. The van der Waals surface area contributed by atoms with E-state index in [1.807, 2.05) is 0 Å². The fraction of sp³-hybridized carbons (Fsp3) is 0.167. The molecule has 7 nitrogen and oxygen atoms in total. The lowest BCUT2D eigenvalue weighted by molar-refractivity contribution is 0.0941. The number of nitrogens with zero attached hydrogens (tertiary/aromatic N) is 4. The van der Waals surface area contributed by atoms with E-state index in [9.17, 15) is 4.79 Å². The maximum absolute atomic E-state index is 11.3. The van der Waals surface area contributed by atoms with E-state index in [4.69, 9.17) is 0 Å². The van der Waals surface area contributed by atoms with Gasteiger partial charge in [0.2, 0.25) is 0 Å². The number of amides is 1. The second-order valence-electron chi connectivity index (χ2n) is 2.39. The Labute approximate surface area is 82.6 Å². The fourth-order valence-corrected chi connectivity index (χ4v) is 1.37. The van der Waals surface area contributed by atoms with Crippen molar-refractivity contribution in [3.63, 3.8) is 0 Å². The number of hydrogen-bond acceptors (Lipinski definition) is 6. The summed E-state index contributed by atoms with van der Waals surface area (Å²) in [7, 11) is 0. The molecule has 0 aliphatic carbocycles. The van der Waals surface area contributed by atoms with Crippen LogP contribution in [0.1, 0.15) is 15.5 Å². The Hall–Kier alpha value is -1.83. The second-order valence-corrected chi connectivity index (χ2v) is 3.36. The Bertz CT molecular complexity index is 396. The molecule has 14 heavy (non-hydrogen) atoms. The molecule has 0 aromatic carbocycles. The molecule has 0 unspecified atom stereocenters. The summed E-state index contributed by atoms with van der Waals surface area (Å²) in [5, 5.41) is 15.2. The van der Waals surface area contributed by atoms with Crippen molar-refractivity contribution < 1.29 is 4.79 Å². The summed E-state index contributed by atoms with van der Waals surface area (Å²) in [4.78, 5) is 16.1. The van der Waals surface area contributed by atoms with Gasteiger partial charge in [-0.15, -0.1) is 21.5 Å². The number of hydrogen-bond donors (Lipinski definition) is 2. The van der Waals surface area contributed by atoms with E-state index in [-0.39, 0.29) is 11.7 Å². The fourth-order valence-electron chi connectivity index (χ4n) is 0.834. The van der Waals surface area contributed by atoms with Crippen molar-refractivity contribution in [1.29, 1.82) is 0 Å². The van der Waals surface area contributed by atoms with Gasteiger partial charge in [0.25, 0.3) is 11.7 Å². The summed E-state index contributed by atoms with van der Waals surface area (Å²) < 4.78 is 0. The molecule has 0 aliphatic heterocycles. The van der Waals surface area contributed by atoms with Gasteiger partial charge in [-0.3, -0.25) is 9.78 Å². The Morgan fingerprint density at radius 1 is 1.64 bits per heavy atom. The molecule has 2 N–H and O–H groups in total. The van der Waals surface area contributed by atoms with Gasteiger partial charge in [-0.05, 0) is 5.21 Å². The van der Waals surface area contributed by atoms with Crippen LogP contribution in [0.25, 0.3) is 0 Å². The highest BCUT2D eigenvalue weighted by molar-refractivity contribution is 7.09. The lowest BCUT2D eigenvalue weighted by Crippen LogP contribution is -2.23. The molecule has 0 fully saturated rings. The molecule has 0 radical (unpaired) electrons. The lowest BCUT2D eigenvalue weighted by atomic mass is 10.5. The maximum atomic E-state index is 11.3. The first-order valence-electron chi connectivity index (χ1n) is 3.75. The lowest BCUT2D eigenvalue weighted by Gasteiger charge is -1.97. The number of carbonyl (C=O) groups excluding carboxylic acids is 1. The van der Waals surface area contributed by atoms with E-state index >= 15 is 0 Å². The largest absolute Gasteiger partial charge is 0.344 e. The quantitative estimate of drug-likeness (QED) is 0.717. The first-order valence-corrected chi connectivity index (χ1v) is 4.63. The third kappa shape index (κ3) is 1.91. The van der Waals surface area contributed by atoms with Gasteiger partial charge in [0.15, 0.2) is 0 Å².